The van der Waals surface area contributed by atoms with Crippen molar-refractivity contribution in [1.29, 1.82) is 0 Å². The third-order valence-corrected chi connectivity index (χ3v) is 8.07. The number of sulfone groups is 1. The first kappa shape index (κ1) is 22.3. The van der Waals surface area contributed by atoms with E-state index in [0.29, 0.717) is 23.0 Å². The maximum atomic E-state index is 12.4. The van der Waals surface area contributed by atoms with E-state index in [2.05, 4.69) is 25.5 Å². The molecule has 0 atom stereocenters. The molecule has 4 aromatic rings. The number of nitrogens with zero attached hydrogens (tertiary/aromatic N) is 4. The van der Waals surface area contributed by atoms with Crippen LogP contribution in [-0.2, 0) is 16.4 Å². The maximum absolute atomic E-state index is 12.4. The normalized spacial score (nSPS) is 11.9. The van der Waals surface area contributed by atoms with Gasteiger partial charge in [-0.05, 0) is 57.0 Å². The van der Waals surface area contributed by atoms with Crippen molar-refractivity contribution in [3.05, 3.63) is 53.2 Å². The molecule has 32 heavy (non-hydrogen) atoms. The van der Waals surface area contributed by atoms with Gasteiger partial charge in [-0.3, -0.25) is 4.98 Å². The summed E-state index contributed by atoms with van der Waals surface area (Å²) in [5.41, 5.74) is 3.63. The Bertz CT molecular complexity index is 1350. The summed E-state index contributed by atoms with van der Waals surface area (Å²) in [4.78, 5) is 10.3. The second kappa shape index (κ2) is 8.89. The fourth-order valence-corrected chi connectivity index (χ4v) is 4.97. The molecule has 4 rings (SSSR count). The van der Waals surface area contributed by atoms with Gasteiger partial charge in [0.2, 0.25) is 0 Å². The van der Waals surface area contributed by atoms with E-state index in [1.807, 2.05) is 25.4 Å². The highest BCUT2D eigenvalue weighted by molar-refractivity contribution is 7.92. The zero-order chi connectivity index (χ0) is 22.9. The van der Waals surface area contributed by atoms with Crippen LogP contribution in [-0.4, -0.2) is 40.9 Å². The molecule has 3 heterocycles. The number of aromatic nitrogens is 4. The molecule has 10 heteroatoms. The Hall–Kier alpha value is -2.95. The zero-order valence-corrected chi connectivity index (χ0v) is 19.8. The van der Waals surface area contributed by atoms with E-state index >= 15 is 0 Å². The van der Waals surface area contributed by atoms with Crippen molar-refractivity contribution in [2.45, 2.75) is 37.5 Å². The molecule has 3 aromatic heterocycles. The van der Waals surface area contributed by atoms with E-state index in [9.17, 15) is 8.42 Å². The quantitative estimate of drug-likeness (QED) is 0.414. The van der Waals surface area contributed by atoms with Gasteiger partial charge in [0.05, 0.1) is 32.6 Å². The molecule has 1 aromatic carbocycles. The predicted molar refractivity (Wildman–Crippen MR) is 128 cm³/mol. The molecule has 0 spiro atoms. The lowest BCUT2D eigenvalue weighted by Crippen LogP contribution is -2.13. The second-order valence-electron chi connectivity index (χ2n) is 7.57. The predicted octanol–water partition coefficient (Wildman–Crippen LogP) is 4.62. The van der Waals surface area contributed by atoms with E-state index in [-0.39, 0.29) is 13.6 Å². The molecular formula is C22H27N5O3S2. The minimum Gasteiger partial charge on any atom is -0.414 e. The van der Waals surface area contributed by atoms with Gasteiger partial charge in [-0.2, -0.15) is 0 Å². The second-order valence-corrected chi connectivity index (χ2v) is 11.0. The molecule has 0 aliphatic heterocycles. The largest absolute Gasteiger partial charge is 0.414 e. The molecule has 0 amide bonds. The van der Waals surface area contributed by atoms with Gasteiger partial charge in [0.25, 0.3) is 11.8 Å². The van der Waals surface area contributed by atoms with E-state index in [0.717, 1.165) is 22.5 Å². The SMILES string of the molecule is CNCc1csc(-c2nnc(-c3nc(-c4ccc(S(=O)(=O)C(C)C)cc4)cnc3C)o2)c1.[HH].[HH]. The summed E-state index contributed by atoms with van der Waals surface area (Å²) in [6, 6.07) is 8.66. The molecule has 0 aliphatic rings. The first-order valence-electron chi connectivity index (χ1n) is 10.0. The summed E-state index contributed by atoms with van der Waals surface area (Å²) in [7, 11) is -1.44. The average molecular weight is 474 g/mol. The smallest absolute Gasteiger partial charge is 0.268 e. The lowest BCUT2D eigenvalue weighted by atomic mass is 10.1. The van der Waals surface area contributed by atoms with Crippen LogP contribution in [0, 0.1) is 6.92 Å². The maximum Gasteiger partial charge on any atom is 0.268 e. The third-order valence-electron chi connectivity index (χ3n) is 4.93. The van der Waals surface area contributed by atoms with E-state index in [4.69, 9.17) is 4.42 Å². The summed E-state index contributed by atoms with van der Waals surface area (Å²) >= 11 is 1.54. The van der Waals surface area contributed by atoms with E-state index in [1.165, 1.54) is 11.3 Å². The van der Waals surface area contributed by atoms with Crippen molar-refractivity contribution in [3.63, 3.8) is 0 Å². The third kappa shape index (κ3) is 4.34. The fraction of sp³-hybridized carbons (Fsp3) is 0.273. The Balaban J connectivity index is 0.00000204. The molecule has 8 nitrogen and oxygen atoms in total. The molecule has 0 fully saturated rings. The number of hydrogen-bond acceptors (Lipinski definition) is 9. The summed E-state index contributed by atoms with van der Waals surface area (Å²) in [5.74, 6) is 0.719. The van der Waals surface area contributed by atoms with Crippen LogP contribution in [0.5, 0.6) is 0 Å². The van der Waals surface area contributed by atoms with Gasteiger partial charge in [-0.1, -0.05) is 12.1 Å². The minimum atomic E-state index is -3.33. The van der Waals surface area contributed by atoms with Crippen molar-refractivity contribution in [2.75, 3.05) is 7.05 Å². The van der Waals surface area contributed by atoms with Crippen molar-refractivity contribution in [2.24, 2.45) is 0 Å². The van der Waals surface area contributed by atoms with Crippen LogP contribution in [0.3, 0.4) is 0 Å². The van der Waals surface area contributed by atoms with Crippen LogP contribution in [0.4, 0.5) is 0 Å². The molecule has 0 bridgehead atoms. The van der Waals surface area contributed by atoms with Crippen molar-refractivity contribution < 1.29 is 15.7 Å². The van der Waals surface area contributed by atoms with Crippen molar-refractivity contribution in [3.8, 4) is 33.6 Å². The highest BCUT2D eigenvalue weighted by Crippen LogP contribution is 2.30. The van der Waals surface area contributed by atoms with Crippen LogP contribution in [0.25, 0.3) is 33.6 Å². The average Bonchev–Trinajstić information content (AvgIpc) is 3.44. The Morgan fingerprint density at radius 3 is 2.56 bits per heavy atom. The summed E-state index contributed by atoms with van der Waals surface area (Å²) < 4.78 is 30.6. The number of rotatable bonds is 7. The number of benzene rings is 1. The Morgan fingerprint density at radius 2 is 1.88 bits per heavy atom. The van der Waals surface area contributed by atoms with E-state index < -0.39 is 15.1 Å². The lowest BCUT2D eigenvalue weighted by molar-refractivity contribution is 0.582. The topological polar surface area (TPSA) is 111 Å². The summed E-state index contributed by atoms with van der Waals surface area (Å²) in [6.07, 6.45) is 1.64. The zero-order valence-electron chi connectivity index (χ0n) is 18.2. The van der Waals surface area contributed by atoms with Crippen LogP contribution in [0.1, 0.15) is 28.0 Å². The molecular weight excluding hydrogens is 446 g/mol. The van der Waals surface area contributed by atoms with Gasteiger partial charge in [-0.25, -0.2) is 13.4 Å². The van der Waals surface area contributed by atoms with Crippen LogP contribution < -0.4 is 5.32 Å². The lowest BCUT2D eigenvalue weighted by Gasteiger charge is -2.09. The van der Waals surface area contributed by atoms with Gasteiger partial charge in [-0.15, -0.1) is 21.5 Å². The monoisotopic (exact) mass is 473 g/mol. The molecule has 0 radical (unpaired) electrons. The molecule has 1 N–H and O–H groups in total. The summed E-state index contributed by atoms with van der Waals surface area (Å²) in [5, 5.41) is 13.0. The minimum absolute atomic E-state index is 0. The Morgan fingerprint density at radius 1 is 1.16 bits per heavy atom. The van der Waals surface area contributed by atoms with Gasteiger partial charge in [0.1, 0.15) is 5.69 Å². The highest BCUT2D eigenvalue weighted by atomic mass is 32.2. The van der Waals surface area contributed by atoms with Crippen LogP contribution >= 0.6 is 11.3 Å². The van der Waals surface area contributed by atoms with Gasteiger partial charge >= 0.3 is 0 Å². The number of thiophene rings is 1. The standard InChI is InChI=1S/C22H23N5O3S2.2H2/c1-13(2)32(28,29)17-7-5-16(6-8-17)18-11-24-14(3)20(25-18)22-27-26-21(30-22)19-9-15(10-23-4)12-31-19;;/h5-9,11-13,23H,10H2,1-4H3;2*1H. The van der Waals surface area contributed by atoms with E-state index in [1.54, 1.807) is 44.3 Å². The number of nitrogens with one attached hydrogen (secondary N) is 1. The first-order chi connectivity index (χ1) is 15.3. The van der Waals surface area contributed by atoms with Gasteiger partial charge in [0.15, 0.2) is 9.84 Å². The summed E-state index contributed by atoms with van der Waals surface area (Å²) in [6.45, 7) is 5.92. The van der Waals surface area contributed by atoms with Crippen LogP contribution in [0.15, 0.2) is 51.2 Å². The Labute approximate surface area is 193 Å². The molecule has 0 saturated heterocycles. The van der Waals surface area contributed by atoms with Gasteiger partial charge < -0.3 is 9.73 Å². The number of hydrogen-bond donors (Lipinski definition) is 1. The van der Waals surface area contributed by atoms with Crippen molar-refractivity contribution >= 4 is 21.2 Å². The molecule has 170 valence electrons. The molecule has 0 aliphatic carbocycles. The first-order valence-corrected chi connectivity index (χ1v) is 12.5. The number of aryl methyl sites for hydroxylation is 1. The highest BCUT2D eigenvalue weighted by Gasteiger charge is 2.20. The van der Waals surface area contributed by atoms with Crippen LogP contribution in [0.2, 0.25) is 0 Å². The van der Waals surface area contributed by atoms with Crippen molar-refractivity contribution in [1.82, 2.24) is 25.5 Å². The molecule has 0 unspecified atom stereocenters. The van der Waals surface area contributed by atoms with Gasteiger partial charge in [0, 0.05) is 15.0 Å². The molecule has 0 saturated carbocycles. The Kier molecular flexibility index (Phi) is 6.18. The fourth-order valence-electron chi connectivity index (χ4n) is 3.08.